The molecule has 0 aliphatic rings. The Labute approximate surface area is 153 Å². The van der Waals surface area contributed by atoms with E-state index in [1.165, 1.54) is 6.20 Å². The summed E-state index contributed by atoms with van der Waals surface area (Å²) in [7, 11) is 0. The van der Waals surface area contributed by atoms with E-state index in [1.807, 2.05) is 6.07 Å². The molecule has 0 radical (unpaired) electrons. The van der Waals surface area contributed by atoms with Crippen molar-refractivity contribution in [2.45, 2.75) is 6.92 Å². The lowest BCUT2D eigenvalue weighted by molar-refractivity contribution is -0.383. The lowest BCUT2D eigenvalue weighted by atomic mass is 10.1. The number of benzene rings is 1. The van der Waals surface area contributed by atoms with Gasteiger partial charge in [-0.15, -0.1) is 0 Å². The molecule has 0 spiro atoms. The van der Waals surface area contributed by atoms with Crippen LogP contribution in [0.4, 0.5) is 23.0 Å². The Balaban J connectivity index is 1.83. The number of hydrazine groups is 1. The van der Waals surface area contributed by atoms with Crippen LogP contribution in [-0.2, 0) is 0 Å². The lowest BCUT2D eigenvalue weighted by Crippen LogP contribution is -2.30. The van der Waals surface area contributed by atoms with Gasteiger partial charge in [0.2, 0.25) is 11.6 Å². The Morgan fingerprint density at radius 3 is 2.59 bits per heavy atom. The van der Waals surface area contributed by atoms with Gasteiger partial charge in [-0.1, -0.05) is 18.2 Å². The quantitative estimate of drug-likeness (QED) is 0.448. The first-order valence-corrected chi connectivity index (χ1v) is 7.84. The predicted molar refractivity (Wildman–Crippen MR) is 98.5 cm³/mol. The second-order valence-corrected chi connectivity index (χ2v) is 5.44. The highest BCUT2D eigenvalue weighted by atomic mass is 16.6. The number of carbonyl (C=O) groups excluding carboxylic acids is 1. The summed E-state index contributed by atoms with van der Waals surface area (Å²) in [6.45, 7) is 1.79. The lowest BCUT2D eigenvalue weighted by Gasteiger charge is -2.11. The van der Waals surface area contributed by atoms with Gasteiger partial charge in [-0.3, -0.25) is 30.7 Å². The van der Waals surface area contributed by atoms with Crippen LogP contribution in [0.3, 0.4) is 0 Å². The molecule has 3 rings (SSSR count). The molecule has 1 aromatic carbocycles. The van der Waals surface area contributed by atoms with E-state index >= 15 is 0 Å². The van der Waals surface area contributed by atoms with Crippen molar-refractivity contribution in [1.29, 1.82) is 0 Å². The van der Waals surface area contributed by atoms with Crippen molar-refractivity contribution in [2.75, 3.05) is 10.7 Å². The zero-order valence-electron chi connectivity index (χ0n) is 14.2. The minimum atomic E-state index is -0.638. The van der Waals surface area contributed by atoms with Gasteiger partial charge in [0.1, 0.15) is 6.33 Å². The highest BCUT2D eigenvalue weighted by molar-refractivity contribution is 5.96. The number of amides is 1. The molecule has 2 heterocycles. The van der Waals surface area contributed by atoms with Crippen LogP contribution in [0.1, 0.15) is 15.9 Å². The predicted octanol–water partition coefficient (Wildman–Crippen LogP) is 2.59. The second kappa shape index (κ2) is 7.87. The van der Waals surface area contributed by atoms with E-state index in [0.29, 0.717) is 11.3 Å². The molecular formula is C17H15N7O3. The van der Waals surface area contributed by atoms with Crippen LogP contribution in [0.5, 0.6) is 0 Å². The Hall–Kier alpha value is -4.08. The number of hydrogen-bond acceptors (Lipinski definition) is 8. The molecule has 0 saturated heterocycles. The van der Waals surface area contributed by atoms with E-state index in [2.05, 4.69) is 31.1 Å². The second-order valence-electron chi connectivity index (χ2n) is 5.44. The maximum absolute atomic E-state index is 12.3. The number of aryl methyl sites for hydroxylation is 1. The number of nitrogens with zero attached hydrogens (tertiary/aromatic N) is 4. The average Bonchev–Trinajstić information content (AvgIpc) is 2.67. The molecule has 0 atom stereocenters. The van der Waals surface area contributed by atoms with Crippen LogP contribution in [0.15, 0.2) is 55.1 Å². The molecular weight excluding hydrogens is 350 g/mol. The number of anilines is 3. The van der Waals surface area contributed by atoms with Crippen LogP contribution >= 0.6 is 0 Å². The number of rotatable bonds is 6. The van der Waals surface area contributed by atoms with Crippen molar-refractivity contribution in [3.8, 4) is 0 Å². The zero-order valence-corrected chi connectivity index (χ0v) is 14.2. The number of aromatic nitrogens is 3. The highest BCUT2D eigenvalue weighted by Crippen LogP contribution is 2.30. The Kier molecular flexibility index (Phi) is 5.17. The minimum absolute atomic E-state index is 0.0318. The summed E-state index contributed by atoms with van der Waals surface area (Å²) in [6.07, 6.45) is 4.22. The summed E-state index contributed by atoms with van der Waals surface area (Å²) >= 11 is 0. The summed E-state index contributed by atoms with van der Waals surface area (Å²) in [5, 5.41) is 14.3. The highest BCUT2D eigenvalue weighted by Gasteiger charge is 2.24. The fourth-order valence-electron chi connectivity index (χ4n) is 2.32. The van der Waals surface area contributed by atoms with Crippen LogP contribution < -0.4 is 16.2 Å². The fraction of sp³-hybridized carbons (Fsp3) is 0.0588. The van der Waals surface area contributed by atoms with Gasteiger partial charge in [0.15, 0.2) is 0 Å². The maximum Gasteiger partial charge on any atom is 0.355 e. The molecule has 0 fully saturated rings. The number of pyridine rings is 1. The van der Waals surface area contributed by atoms with E-state index in [9.17, 15) is 14.9 Å². The molecule has 10 nitrogen and oxygen atoms in total. The molecule has 0 saturated carbocycles. The van der Waals surface area contributed by atoms with Crippen LogP contribution in [0.25, 0.3) is 0 Å². The van der Waals surface area contributed by atoms with Gasteiger partial charge in [-0.05, 0) is 30.7 Å². The largest absolute Gasteiger partial charge is 0.355 e. The van der Waals surface area contributed by atoms with Gasteiger partial charge in [0, 0.05) is 11.8 Å². The standard InChI is InChI=1S/C17H15N7O3/c1-11-5-2-3-7-13(11)17(25)23-22-16-14(24(26)27)15(19-10-20-16)21-12-6-4-8-18-9-12/h2-10H,1H3,(H,23,25)(H2,19,20,21,22). The van der Waals surface area contributed by atoms with Crippen molar-refractivity contribution in [3.63, 3.8) is 0 Å². The molecule has 3 aromatic rings. The van der Waals surface area contributed by atoms with Gasteiger partial charge >= 0.3 is 5.69 Å². The first-order chi connectivity index (χ1) is 13.1. The van der Waals surface area contributed by atoms with Gasteiger partial charge in [-0.2, -0.15) is 0 Å². The third kappa shape index (κ3) is 4.12. The molecule has 0 bridgehead atoms. The number of nitro groups is 1. The summed E-state index contributed by atoms with van der Waals surface area (Å²) < 4.78 is 0. The SMILES string of the molecule is Cc1ccccc1C(=O)NNc1ncnc(Nc2cccnc2)c1[N+](=O)[O-]. The zero-order chi connectivity index (χ0) is 19.2. The monoisotopic (exact) mass is 365 g/mol. The van der Waals surface area contributed by atoms with Crippen molar-refractivity contribution in [2.24, 2.45) is 0 Å². The first-order valence-electron chi connectivity index (χ1n) is 7.84. The van der Waals surface area contributed by atoms with E-state index in [4.69, 9.17) is 0 Å². The van der Waals surface area contributed by atoms with Crippen molar-refractivity contribution in [3.05, 3.63) is 76.4 Å². The van der Waals surface area contributed by atoms with Crippen LogP contribution in [0, 0.1) is 17.0 Å². The van der Waals surface area contributed by atoms with Gasteiger partial charge < -0.3 is 5.32 Å². The molecule has 3 N–H and O–H groups in total. The van der Waals surface area contributed by atoms with Crippen molar-refractivity contribution >= 4 is 28.9 Å². The fourth-order valence-corrected chi connectivity index (χ4v) is 2.32. The third-order valence-corrected chi connectivity index (χ3v) is 3.61. The number of carbonyl (C=O) groups is 1. The van der Waals surface area contributed by atoms with Crippen molar-refractivity contribution < 1.29 is 9.72 Å². The van der Waals surface area contributed by atoms with Gasteiger partial charge in [0.25, 0.3) is 5.91 Å². The smallest absolute Gasteiger partial charge is 0.333 e. The van der Waals surface area contributed by atoms with E-state index in [1.54, 1.807) is 43.5 Å². The Morgan fingerprint density at radius 2 is 1.89 bits per heavy atom. The molecule has 27 heavy (non-hydrogen) atoms. The van der Waals surface area contributed by atoms with Crippen LogP contribution in [0.2, 0.25) is 0 Å². The number of nitrogens with one attached hydrogen (secondary N) is 3. The third-order valence-electron chi connectivity index (χ3n) is 3.61. The molecule has 0 unspecified atom stereocenters. The van der Waals surface area contributed by atoms with Crippen molar-refractivity contribution in [1.82, 2.24) is 20.4 Å². The van der Waals surface area contributed by atoms with E-state index in [-0.39, 0.29) is 11.6 Å². The first kappa shape index (κ1) is 17.7. The Bertz CT molecular complexity index is 979. The average molecular weight is 365 g/mol. The molecule has 2 aromatic heterocycles. The number of hydrogen-bond donors (Lipinski definition) is 3. The molecule has 136 valence electrons. The molecule has 0 aliphatic carbocycles. The van der Waals surface area contributed by atoms with Gasteiger partial charge in [-0.25, -0.2) is 9.97 Å². The topological polar surface area (TPSA) is 135 Å². The summed E-state index contributed by atoms with van der Waals surface area (Å²) in [5.74, 6) is -0.623. The summed E-state index contributed by atoms with van der Waals surface area (Å²) in [6, 6.07) is 10.3. The van der Waals surface area contributed by atoms with Gasteiger partial charge in [0.05, 0.1) is 16.8 Å². The van der Waals surface area contributed by atoms with E-state index < -0.39 is 16.5 Å². The molecule has 0 aliphatic heterocycles. The maximum atomic E-state index is 12.3. The molecule has 1 amide bonds. The minimum Gasteiger partial charge on any atom is -0.333 e. The molecule has 10 heteroatoms. The summed E-state index contributed by atoms with van der Waals surface area (Å²) in [4.78, 5) is 34.9. The summed E-state index contributed by atoms with van der Waals surface area (Å²) in [5.41, 5.74) is 6.24. The Morgan fingerprint density at radius 1 is 1.11 bits per heavy atom. The van der Waals surface area contributed by atoms with E-state index in [0.717, 1.165) is 11.9 Å². The normalized spacial score (nSPS) is 10.1. The van der Waals surface area contributed by atoms with Crippen LogP contribution in [-0.4, -0.2) is 25.8 Å².